The normalized spacial score (nSPS) is 11.6. The van der Waals surface area contributed by atoms with Gasteiger partial charge in [0.1, 0.15) is 6.04 Å². The Balaban J connectivity index is 3.81. The molecule has 0 rings (SSSR count). The molecule has 0 heterocycles. The average molecular weight is 228 g/mol. The molecule has 0 radical (unpaired) electrons. The standard InChI is InChI=1S/C11H20N2O3/c1-3-5-6-8-12-11(16)13-9(7-4-2)10(14)15/h4,9H,2-3,5-8H2,1H3,(H,14,15)(H2,12,13,16). The van der Waals surface area contributed by atoms with Gasteiger partial charge < -0.3 is 15.7 Å². The first kappa shape index (κ1) is 14.5. The van der Waals surface area contributed by atoms with E-state index >= 15 is 0 Å². The van der Waals surface area contributed by atoms with Crippen molar-refractivity contribution in [3.05, 3.63) is 12.7 Å². The van der Waals surface area contributed by atoms with Gasteiger partial charge in [0.05, 0.1) is 0 Å². The lowest BCUT2D eigenvalue weighted by atomic mass is 10.2. The summed E-state index contributed by atoms with van der Waals surface area (Å²) in [6.07, 6.45) is 4.73. The van der Waals surface area contributed by atoms with Crippen LogP contribution in [-0.2, 0) is 4.79 Å². The van der Waals surface area contributed by atoms with E-state index < -0.39 is 18.0 Å². The van der Waals surface area contributed by atoms with Gasteiger partial charge in [0, 0.05) is 6.54 Å². The highest BCUT2D eigenvalue weighted by molar-refractivity contribution is 5.82. The van der Waals surface area contributed by atoms with Crippen molar-refractivity contribution in [1.82, 2.24) is 10.6 Å². The Morgan fingerprint density at radius 1 is 1.44 bits per heavy atom. The molecule has 1 atom stereocenters. The van der Waals surface area contributed by atoms with E-state index in [9.17, 15) is 9.59 Å². The van der Waals surface area contributed by atoms with Crippen molar-refractivity contribution in [2.75, 3.05) is 6.54 Å². The minimum absolute atomic E-state index is 0.220. The summed E-state index contributed by atoms with van der Waals surface area (Å²) in [6, 6.07) is -1.34. The van der Waals surface area contributed by atoms with Crippen molar-refractivity contribution in [1.29, 1.82) is 0 Å². The maximum atomic E-state index is 11.3. The van der Waals surface area contributed by atoms with Gasteiger partial charge in [-0.25, -0.2) is 9.59 Å². The highest BCUT2D eigenvalue weighted by Crippen LogP contribution is 1.94. The molecule has 0 bridgehead atoms. The largest absolute Gasteiger partial charge is 0.480 e. The quantitative estimate of drug-likeness (QED) is 0.435. The van der Waals surface area contributed by atoms with Crippen LogP contribution in [0.15, 0.2) is 12.7 Å². The van der Waals surface area contributed by atoms with E-state index in [1.165, 1.54) is 6.08 Å². The molecular weight excluding hydrogens is 208 g/mol. The van der Waals surface area contributed by atoms with Gasteiger partial charge in [0.2, 0.25) is 0 Å². The molecule has 92 valence electrons. The van der Waals surface area contributed by atoms with E-state index in [-0.39, 0.29) is 6.42 Å². The van der Waals surface area contributed by atoms with Gasteiger partial charge in [0.25, 0.3) is 0 Å². The predicted molar refractivity (Wildman–Crippen MR) is 62.3 cm³/mol. The number of urea groups is 1. The van der Waals surface area contributed by atoms with E-state index in [1.807, 2.05) is 0 Å². The Hall–Kier alpha value is -1.52. The van der Waals surface area contributed by atoms with Crippen LogP contribution in [0.5, 0.6) is 0 Å². The van der Waals surface area contributed by atoms with E-state index in [0.29, 0.717) is 6.54 Å². The first-order valence-corrected chi connectivity index (χ1v) is 5.49. The first-order chi connectivity index (χ1) is 7.61. The Bertz CT molecular complexity index is 241. The molecule has 0 aromatic heterocycles. The molecule has 3 N–H and O–H groups in total. The number of carboxylic acids is 1. The zero-order valence-electron chi connectivity index (χ0n) is 9.66. The lowest BCUT2D eigenvalue weighted by Gasteiger charge is -2.13. The maximum Gasteiger partial charge on any atom is 0.326 e. The minimum atomic E-state index is -1.05. The van der Waals surface area contributed by atoms with E-state index in [4.69, 9.17) is 5.11 Å². The van der Waals surface area contributed by atoms with Crippen LogP contribution >= 0.6 is 0 Å². The summed E-state index contributed by atoms with van der Waals surface area (Å²) in [4.78, 5) is 22.0. The van der Waals surface area contributed by atoms with E-state index in [0.717, 1.165) is 19.3 Å². The molecule has 2 amide bonds. The molecule has 0 fully saturated rings. The third kappa shape index (κ3) is 6.86. The molecule has 5 heteroatoms. The highest BCUT2D eigenvalue weighted by atomic mass is 16.4. The summed E-state index contributed by atoms with van der Waals surface area (Å²) in [5, 5.41) is 13.8. The molecule has 0 aliphatic heterocycles. The third-order valence-electron chi connectivity index (χ3n) is 2.07. The van der Waals surface area contributed by atoms with Crippen molar-refractivity contribution < 1.29 is 14.7 Å². The van der Waals surface area contributed by atoms with E-state index in [2.05, 4.69) is 24.1 Å². The molecule has 0 spiro atoms. The van der Waals surface area contributed by atoms with Crippen LogP contribution in [0.2, 0.25) is 0 Å². The smallest absolute Gasteiger partial charge is 0.326 e. The van der Waals surface area contributed by atoms with Gasteiger partial charge >= 0.3 is 12.0 Å². The van der Waals surface area contributed by atoms with Gasteiger partial charge in [-0.05, 0) is 12.8 Å². The lowest BCUT2D eigenvalue weighted by molar-refractivity contribution is -0.139. The summed E-state index contributed by atoms with van der Waals surface area (Å²) < 4.78 is 0. The fourth-order valence-electron chi connectivity index (χ4n) is 1.17. The Morgan fingerprint density at radius 2 is 2.12 bits per heavy atom. The Morgan fingerprint density at radius 3 is 2.62 bits per heavy atom. The average Bonchev–Trinajstić information content (AvgIpc) is 2.23. The number of carboxylic acid groups (broad SMARTS) is 1. The second-order valence-electron chi connectivity index (χ2n) is 3.52. The van der Waals surface area contributed by atoms with Gasteiger partial charge in [0.15, 0.2) is 0 Å². The Labute approximate surface area is 95.9 Å². The molecule has 0 saturated carbocycles. The Kier molecular flexibility index (Phi) is 7.93. The van der Waals surface area contributed by atoms with Crippen LogP contribution < -0.4 is 10.6 Å². The number of rotatable bonds is 8. The van der Waals surface area contributed by atoms with Crippen LogP contribution in [-0.4, -0.2) is 29.7 Å². The van der Waals surface area contributed by atoms with Crippen LogP contribution in [0.4, 0.5) is 4.79 Å². The highest BCUT2D eigenvalue weighted by Gasteiger charge is 2.17. The zero-order valence-corrected chi connectivity index (χ0v) is 9.66. The molecule has 0 saturated heterocycles. The van der Waals surface area contributed by atoms with Crippen molar-refractivity contribution in [3.63, 3.8) is 0 Å². The second kappa shape index (κ2) is 8.76. The van der Waals surface area contributed by atoms with Crippen molar-refractivity contribution in [2.24, 2.45) is 0 Å². The minimum Gasteiger partial charge on any atom is -0.480 e. The van der Waals surface area contributed by atoms with Gasteiger partial charge in [-0.1, -0.05) is 25.8 Å². The maximum absolute atomic E-state index is 11.3. The molecule has 0 aromatic rings. The molecule has 1 unspecified atom stereocenters. The van der Waals surface area contributed by atoms with Crippen molar-refractivity contribution >= 4 is 12.0 Å². The number of nitrogens with one attached hydrogen (secondary N) is 2. The third-order valence-corrected chi connectivity index (χ3v) is 2.07. The summed E-state index contributed by atoms with van der Waals surface area (Å²) in [5.41, 5.74) is 0. The molecule has 16 heavy (non-hydrogen) atoms. The lowest BCUT2D eigenvalue weighted by Crippen LogP contribution is -2.45. The van der Waals surface area contributed by atoms with Crippen LogP contribution in [0.3, 0.4) is 0 Å². The summed E-state index contributed by atoms with van der Waals surface area (Å²) in [5.74, 6) is -1.05. The molecule has 0 aromatic carbocycles. The van der Waals surface area contributed by atoms with Crippen LogP contribution in [0, 0.1) is 0 Å². The van der Waals surface area contributed by atoms with Gasteiger partial charge in [-0.2, -0.15) is 0 Å². The SMILES string of the molecule is C=CCC(NC(=O)NCCCCC)C(=O)O. The number of carbonyl (C=O) groups excluding carboxylic acids is 1. The number of amides is 2. The predicted octanol–water partition coefficient (Wildman–Crippen LogP) is 1.51. The van der Waals surface area contributed by atoms with Gasteiger partial charge in [-0.15, -0.1) is 6.58 Å². The molecular formula is C11H20N2O3. The summed E-state index contributed by atoms with van der Waals surface area (Å²) >= 11 is 0. The zero-order chi connectivity index (χ0) is 12.4. The van der Waals surface area contributed by atoms with Crippen LogP contribution in [0.25, 0.3) is 0 Å². The fraction of sp³-hybridized carbons (Fsp3) is 0.636. The fourth-order valence-corrected chi connectivity index (χ4v) is 1.17. The monoisotopic (exact) mass is 228 g/mol. The molecule has 0 aliphatic rings. The first-order valence-electron chi connectivity index (χ1n) is 5.49. The number of hydrogen-bond acceptors (Lipinski definition) is 2. The summed E-state index contributed by atoms with van der Waals surface area (Å²) in [6.45, 7) is 6.09. The van der Waals surface area contributed by atoms with E-state index in [1.54, 1.807) is 0 Å². The number of unbranched alkanes of at least 4 members (excludes halogenated alkanes) is 2. The second-order valence-corrected chi connectivity index (χ2v) is 3.52. The molecule has 0 aliphatic carbocycles. The number of aliphatic carboxylic acids is 1. The van der Waals surface area contributed by atoms with Crippen molar-refractivity contribution in [3.8, 4) is 0 Å². The van der Waals surface area contributed by atoms with Gasteiger partial charge in [-0.3, -0.25) is 0 Å². The number of hydrogen-bond donors (Lipinski definition) is 3. The topological polar surface area (TPSA) is 78.4 Å². The molecule has 5 nitrogen and oxygen atoms in total. The van der Waals surface area contributed by atoms with Crippen LogP contribution in [0.1, 0.15) is 32.6 Å². The van der Waals surface area contributed by atoms with Crippen molar-refractivity contribution in [2.45, 2.75) is 38.6 Å². The summed E-state index contributed by atoms with van der Waals surface area (Å²) in [7, 11) is 0. The number of carbonyl (C=O) groups is 2.